The number of benzene rings is 3. The Morgan fingerprint density at radius 2 is 1.83 bits per heavy atom. The molecule has 36 heavy (non-hydrogen) atoms. The molecular weight excluding hydrogens is 458 g/mol. The van der Waals surface area contributed by atoms with Crippen molar-refractivity contribution in [1.82, 2.24) is 0 Å². The third-order valence-corrected chi connectivity index (χ3v) is 6.67. The zero-order valence-corrected chi connectivity index (χ0v) is 20.2. The first-order chi connectivity index (χ1) is 17.5. The molecule has 0 unspecified atom stereocenters. The summed E-state index contributed by atoms with van der Waals surface area (Å²) in [7, 11) is 2.83. The van der Waals surface area contributed by atoms with E-state index in [-0.39, 0.29) is 17.2 Å². The van der Waals surface area contributed by atoms with Crippen molar-refractivity contribution >= 4 is 22.5 Å². The minimum atomic E-state index is -0.713. The molecule has 2 aliphatic rings. The van der Waals surface area contributed by atoms with Crippen molar-refractivity contribution in [1.29, 1.82) is 0 Å². The molecule has 0 radical (unpaired) electrons. The largest absolute Gasteiger partial charge is 0.493 e. The first-order valence-electron chi connectivity index (χ1n) is 11.8. The van der Waals surface area contributed by atoms with Crippen LogP contribution in [0.5, 0.6) is 11.5 Å². The highest BCUT2D eigenvalue weighted by atomic mass is 16.5. The van der Waals surface area contributed by atoms with Crippen LogP contribution < -0.4 is 15.2 Å². The third kappa shape index (κ3) is 4.17. The van der Waals surface area contributed by atoms with Gasteiger partial charge in [-0.05, 0) is 40.5 Å². The maximum atomic E-state index is 13.0. The van der Waals surface area contributed by atoms with Gasteiger partial charge >= 0.3 is 5.97 Å². The summed E-state index contributed by atoms with van der Waals surface area (Å²) in [5.74, 6) is 0.0692. The highest BCUT2D eigenvalue weighted by Gasteiger charge is 2.41. The van der Waals surface area contributed by atoms with Crippen LogP contribution in [0.25, 0.3) is 10.8 Å². The van der Waals surface area contributed by atoms with Crippen LogP contribution in [0, 0.1) is 0 Å². The van der Waals surface area contributed by atoms with E-state index in [4.69, 9.17) is 24.7 Å². The van der Waals surface area contributed by atoms with Crippen molar-refractivity contribution in [2.45, 2.75) is 31.8 Å². The van der Waals surface area contributed by atoms with E-state index in [0.29, 0.717) is 54.3 Å². The predicted octanol–water partition coefficient (Wildman–Crippen LogP) is 4.89. The van der Waals surface area contributed by atoms with E-state index in [1.807, 2.05) is 30.3 Å². The first kappa shape index (κ1) is 23.5. The van der Waals surface area contributed by atoms with Gasteiger partial charge in [-0.15, -0.1) is 0 Å². The lowest BCUT2D eigenvalue weighted by molar-refractivity contribution is -0.136. The van der Waals surface area contributed by atoms with Gasteiger partial charge in [-0.2, -0.15) is 0 Å². The lowest BCUT2D eigenvalue weighted by Crippen LogP contribution is -2.31. The fraction of sp³-hybridized carbons (Fsp3) is 0.241. The minimum Gasteiger partial charge on any atom is -0.493 e. The molecule has 1 atom stereocenters. The Bertz CT molecular complexity index is 1420. The number of rotatable bonds is 6. The number of hydrogen-bond donors (Lipinski definition) is 1. The van der Waals surface area contributed by atoms with Gasteiger partial charge in [-0.3, -0.25) is 4.79 Å². The van der Waals surface area contributed by atoms with Gasteiger partial charge in [-0.25, -0.2) is 4.79 Å². The molecule has 0 amide bonds. The second-order valence-corrected chi connectivity index (χ2v) is 8.76. The normalized spacial score (nSPS) is 17.5. The van der Waals surface area contributed by atoms with E-state index in [1.165, 1.54) is 7.11 Å². The van der Waals surface area contributed by atoms with Gasteiger partial charge in [0.15, 0.2) is 17.3 Å². The molecule has 3 aromatic rings. The number of nitrogens with two attached hydrogens (primary N) is 1. The summed E-state index contributed by atoms with van der Waals surface area (Å²) in [5, 5.41) is 2.26. The fourth-order valence-corrected chi connectivity index (χ4v) is 4.96. The summed E-state index contributed by atoms with van der Waals surface area (Å²) in [6.07, 6.45) is 1.64. The molecule has 1 aliphatic carbocycles. The van der Waals surface area contributed by atoms with E-state index in [2.05, 4.69) is 18.2 Å². The van der Waals surface area contributed by atoms with Crippen molar-refractivity contribution in [2.75, 3.05) is 14.2 Å². The number of allylic oxidation sites excluding steroid dienone is 2. The number of esters is 1. The smallest absolute Gasteiger partial charge is 0.340 e. The highest BCUT2D eigenvalue weighted by molar-refractivity contribution is 6.03. The molecule has 0 saturated heterocycles. The molecular formula is C29H27NO6. The minimum absolute atomic E-state index is 0.0458. The third-order valence-electron chi connectivity index (χ3n) is 6.67. The van der Waals surface area contributed by atoms with Gasteiger partial charge < -0.3 is 24.7 Å². The van der Waals surface area contributed by atoms with E-state index in [1.54, 1.807) is 19.2 Å². The van der Waals surface area contributed by atoms with E-state index in [9.17, 15) is 9.59 Å². The number of ether oxygens (including phenoxy) is 4. The van der Waals surface area contributed by atoms with Crippen molar-refractivity contribution < 1.29 is 28.5 Å². The lowest BCUT2D eigenvalue weighted by atomic mass is 9.77. The molecule has 2 N–H and O–H groups in total. The monoisotopic (exact) mass is 485 g/mol. The predicted molar refractivity (Wildman–Crippen MR) is 134 cm³/mol. The van der Waals surface area contributed by atoms with Gasteiger partial charge in [0, 0.05) is 18.4 Å². The van der Waals surface area contributed by atoms with Crippen molar-refractivity contribution in [3.63, 3.8) is 0 Å². The highest BCUT2D eigenvalue weighted by Crippen LogP contribution is 2.45. The van der Waals surface area contributed by atoms with E-state index >= 15 is 0 Å². The quantitative estimate of drug-likeness (QED) is 0.497. The van der Waals surface area contributed by atoms with Crippen LogP contribution in [0.3, 0.4) is 0 Å². The number of methoxy groups -OCH3 is 2. The molecule has 7 heteroatoms. The second kappa shape index (κ2) is 9.77. The van der Waals surface area contributed by atoms with Crippen molar-refractivity contribution in [3.05, 3.63) is 94.6 Å². The summed E-state index contributed by atoms with van der Waals surface area (Å²) in [4.78, 5) is 25.7. The Kier molecular flexibility index (Phi) is 6.38. The Morgan fingerprint density at radius 1 is 1.03 bits per heavy atom. The average molecular weight is 486 g/mol. The summed E-state index contributed by atoms with van der Waals surface area (Å²) in [6, 6.07) is 19.6. The second-order valence-electron chi connectivity index (χ2n) is 8.76. The Hall–Kier alpha value is -4.26. The van der Waals surface area contributed by atoms with Crippen LogP contribution >= 0.6 is 0 Å². The summed E-state index contributed by atoms with van der Waals surface area (Å²) in [5.41, 5.74) is 8.42. The zero-order valence-electron chi connectivity index (χ0n) is 20.2. The van der Waals surface area contributed by atoms with Crippen molar-refractivity contribution in [2.24, 2.45) is 5.73 Å². The zero-order chi connectivity index (χ0) is 25.2. The molecule has 0 fully saturated rings. The molecule has 0 bridgehead atoms. The standard InChI is InChI=1S/C29H27NO6/c1-33-24-15-18(13-14-22(24)35-16-19-9-5-8-17-7-3-4-10-20(17)19)25-26-21(31)11-6-12-23(26)36-28(30)27(25)29(32)34-2/h3-5,7-10,13-15,25H,6,11-12,16,30H2,1-2H3/t25-/m0/s1. The fourth-order valence-electron chi connectivity index (χ4n) is 4.96. The van der Waals surface area contributed by atoms with E-state index < -0.39 is 11.9 Å². The van der Waals surface area contributed by atoms with Crippen LogP contribution in [0.1, 0.15) is 36.3 Å². The molecule has 3 aromatic carbocycles. The van der Waals surface area contributed by atoms with Gasteiger partial charge in [0.25, 0.3) is 0 Å². The molecule has 0 spiro atoms. The number of ketones is 1. The van der Waals surface area contributed by atoms with Crippen LogP contribution in [0.2, 0.25) is 0 Å². The van der Waals surface area contributed by atoms with E-state index in [0.717, 1.165) is 16.3 Å². The Balaban J connectivity index is 1.51. The first-order valence-corrected chi connectivity index (χ1v) is 11.8. The summed E-state index contributed by atoms with van der Waals surface area (Å²) in [6.45, 7) is 0.350. The number of carbonyl (C=O) groups is 2. The van der Waals surface area contributed by atoms with Crippen LogP contribution in [0.15, 0.2) is 83.5 Å². The van der Waals surface area contributed by atoms with Crippen LogP contribution in [-0.2, 0) is 25.7 Å². The molecule has 5 rings (SSSR count). The SMILES string of the molecule is COC(=O)C1=C(N)OC2=C(C(=O)CCC2)[C@@H]1c1ccc(OCc2cccc3ccccc23)c(OC)c1. The topological polar surface area (TPSA) is 97.1 Å². The van der Waals surface area contributed by atoms with Gasteiger partial charge in [0.05, 0.1) is 20.1 Å². The average Bonchev–Trinajstić information content (AvgIpc) is 2.90. The van der Waals surface area contributed by atoms with Crippen LogP contribution in [0.4, 0.5) is 0 Å². The molecule has 1 aliphatic heterocycles. The molecule has 0 saturated carbocycles. The molecule has 1 heterocycles. The molecule has 7 nitrogen and oxygen atoms in total. The number of carbonyl (C=O) groups excluding carboxylic acids is 2. The van der Waals surface area contributed by atoms with Gasteiger partial charge in [0.2, 0.25) is 5.88 Å². The van der Waals surface area contributed by atoms with Crippen molar-refractivity contribution in [3.8, 4) is 11.5 Å². The number of hydrogen-bond acceptors (Lipinski definition) is 7. The summed E-state index contributed by atoms with van der Waals surface area (Å²) < 4.78 is 22.5. The maximum Gasteiger partial charge on any atom is 0.340 e. The lowest BCUT2D eigenvalue weighted by Gasteiger charge is -2.32. The molecule has 0 aromatic heterocycles. The van der Waals surface area contributed by atoms with Gasteiger partial charge in [-0.1, -0.05) is 48.5 Å². The number of Topliss-reactive ketones (excluding diaryl/α,β-unsaturated/α-hetero) is 1. The Labute approximate surface area is 209 Å². The van der Waals surface area contributed by atoms with Crippen LogP contribution in [-0.4, -0.2) is 26.0 Å². The Morgan fingerprint density at radius 3 is 2.64 bits per heavy atom. The molecule has 184 valence electrons. The number of fused-ring (bicyclic) bond motifs is 1. The maximum absolute atomic E-state index is 13.0. The van der Waals surface area contributed by atoms with Gasteiger partial charge in [0.1, 0.15) is 17.9 Å². The summed E-state index contributed by atoms with van der Waals surface area (Å²) >= 11 is 0.